The number of aliphatic imine (C=N–C) groups is 1. The highest BCUT2D eigenvalue weighted by molar-refractivity contribution is 5.81. The van der Waals surface area contributed by atoms with Crippen molar-refractivity contribution in [3.05, 3.63) is 18.5 Å². The van der Waals surface area contributed by atoms with Crippen molar-refractivity contribution in [3.8, 4) is 0 Å². The van der Waals surface area contributed by atoms with Crippen LogP contribution < -0.4 is 5.32 Å². The quantitative estimate of drug-likeness (QED) is 0.461. The second kappa shape index (κ2) is 10.1. The minimum Gasteiger partial charge on any atom is -0.466 e. The first-order valence-electron chi connectivity index (χ1n) is 9.31. The maximum atomic E-state index is 12.0. The highest BCUT2D eigenvalue weighted by Gasteiger charge is 2.28. The van der Waals surface area contributed by atoms with Crippen molar-refractivity contribution >= 4 is 11.9 Å². The molecule has 2 heterocycles. The van der Waals surface area contributed by atoms with E-state index in [1.807, 2.05) is 23.9 Å². The van der Waals surface area contributed by atoms with Crippen LogP contribution in [0.5, 0.6) is 0 Å². The van der Waals surface area contributed by atoms with Crippen LogP contribution in [0.25, 0.3) is 0 Å². The molecule has 1 fully saturated rings. The molecule has 1 aromatic rings. The van der Waals surface area contributed by atoms with Gasteiger partial charge in [0, 0.05) is 45.1 Å². The van der Waals surface area contributed by atoms with Crippen molar-refractivity contribution in [2.75, 3.05) is 32.8 Å². The fourth-order valence-corrected chi connectivity index (χ4v) is 3.08. The third kappa shape index (κ3) is 6.07. The lowest BCUT2D eigenvalue weighted by molar-refractivity contribution is -0.149. The van der Waals surface area contributed by atoms with Crippen molar-refractivity contribution in [2.45, 2.75) is 40.2 Å². The van der Waals surface area contributed by atoms with Gasteiger partial charge < -0.3 is 15.0 Å². The lowest BCUT2D eigenvalue weighted by Crippen LogP contribution is -2.48. The van der Waals surface area contributed by atoms with Crippen LogP contribution in [-0.2, 0) is 16.1 Å². The number of guanidine groups is 1. The Morgan fingerprint density at radius 2 is 2.32 bits per heavy atom. The first-order chi connectivity index (χ1) is 12.1. The Morgan fingerprint density at radius 3 is 3.00 bits per heavy atom. The van der Waals surface area contributed by atoms with Crippen LogP contribution in [0, 0.1) is 11.8 Å². The third-order valence-electron chi connectivity index (χ3n) is 4.29. The van der Waals surface area contributed by atoms with Gasteiger partial charge in [0.25, 0.3) is 0 Å². The van der Waals surface area contributed by atoms with Crippen molar-refractivity contribution in [1.29, 1.82) is 0 Å². The van der Waals surface area contributed by atoms with E-state index in [1.54, 1.807) is 6.20 Å². The van der Waals surface area contributed by atoms with Gasteiger partial charge in [-0.1, -0.05) is 6.92 Å². The summed E-state index contributed by atoms with van der Waals surface area (Å²) in [5, 5.41) is 7.61. The summed E-state index contributed by atoms with van der Waals surface area (Å²) in [5.74, 6) is 1.14. The van der Waals surface area contributed by atoms with Gasteiger partial charge in [-0.15, -0.1) is 0 Å². The van der Waals surface area contributed by atoms with Gasteiger partial charge in [0.15, 0.2) is 5.96 Å². The van der Waals surface area contributed by atoms with Gasteiger partial charge in [0.05, 0.1) is 12.5 Å². The predicted molar refractivity (Wildman–Crippen MR) is 98.3 cm³/mol. The molecule has 2 atom stereocenters. The van der Waals surface area contributed by atoms with Crippen LogP contribution >= 0.6 is 0 Å². The number of esters is 1. The van der Waals surface area contributed by atoms with Crippen LogP contribution in [0.4, 0.5) is 0 Å². The Balaban J connectivity index is 1.94. The molecule has 0 amide bonds. The SMILES string of the molecule is CCNC(=NCC(C)Cn1cccn1)N1CCCC(C(=O)OCC)C1. The van der Waals surface area contributed by atoms with Gasteiger partial charge in [-0.2, -0.15) is 5.10 Å². The number of aromatic nitrogens is 2. The van der Waals surface area contributed by atoms with Gasteiger partial charge in [0.1, 0.15) is 0 Å². The maximum absolute atomic E-state index is 12.0. The molecule has 0 bridgehead atoms. The monoisotopic (exact) mass is 349 g/mol. The first-order valence-corrected chi connectivity index (χ1v) is 9.31. The highest BCUT2D eigenvalue weighted by atomic mass is 16.5. The molecule has 0 aromatic carbocycles. The molecular weight excluding hydrogens is 318 g/mol. The number of rotatable bonds is 7. The van der Waals surface area contributed by atoms with E-state index in [0.717, 1.165) is 45.0 Å². The second-order valence-electron chi connectivity index (χ2n) is 6.57. The van der Waals surface area contributed by atoms with Crippen LogP contribution in [0.15, 0.2) is 23.5 Å². The van der Waals surface area contributed by atoms with E-state index < -0.39 is 0 Å². The number of hydrogen-bond acceptors (Lipinski definition) is 4. The molecule has 2 unspecified atom stereocenters. The summed E-state index contributed by atoms with van der Waals surface area (Å²) in [5.41, 5.74) is 0. The summed E-state index contributed by atoms with van der Waals surface area (Å²) in [7, 11) is 0. The minimum atomic E-state index is -0.0879. The van der Waals surface area contributed by atoms with E-state index >= 15 is 0 Å². The molecule has 0 radical (unpaired) electrons. The third-order valence-corrected chi connectivity index (χ3v) is 4.29. The molecular formula is C18H31N5O2. The summed E-state index contributed by atoms with van der Waals surface area (Å²) < 4.78 is 7.13. The Kier molecular flexibility index (Phi) is 7.76. The van der Waals surface area contributed by atoms with Crippen molar-refractivity contribution in [1.82, 2.24) is 20.0 Å². The van der Waals surface area contributed by atoms with Gasteiger partial charge in [-0.05, 0) is 38.7 Å². The summed E-state index contributed by atoms with van der Waals surface area (Å²) in [6.07, 6.45) is 5.64. The Hall–Kier alpha value is -2.05. The molecule has 1 aliphatic rings. The zero-order valence-electron chi connectivity index (χ0n) is 15.6. The maximum Gasteiger partial charge on any atom is 0.310 e. The lowest BCUT2D eigenvalue weighted by atomic mass is 9.98. The highest BCUT2D eigenvalue weighted by Crippen LogP contribution is 2.18. The number of likely N-dealkylation sites (tertiary alicyclic amines) is 1. The summed E-state index contributed by atoms with van der Waals surface area (Å²) in [4.78, 5) is 19.0. The summed E-state index contributed by atoms with van der Waals surface area (Å²) in [6.45, 7) is 10.5. The zero-order valence-corrected chi connectivity index (χ0v) is 15.6. The summed E-state index contributed by atoms with van der Waals surface area (Å²) in [6, 6.07) is 1.93. The number of hydrogen-bond donors (Lipinski definition) is 1. The van der Waals surface area contributed by atoms with Crippen LogP contribution in [0.1, 0.15) is 33.6 Å². The van der Waals surface area contributed by atoms with Gasteiger partial charge in [0.2, 0.25) is 0 Å². The van der Waals surface area contributed by atoms with E-state index in [4.69, 9.17) is 9.73 Å². The largest absolute Gasteiger partial charge is 0.466 e. The summed E-state index contributed by atoms with van der Waals surface area (Å²) >= 11 is 0. The topological polar surface area (TPSA) is 71.8 Å². The molecule has 2 rings (SSSR count). The fraction of sp³-hybridized carbons (Fsp3) is 0.722. The molecule has 25 heavy (non-hydrogen) atoms. The van der Waals surface area contributed by atoms with E-state index in [2.05, 4.69) is 29.2 Å². The molecule has 7 heteroatoms. The molecule has 1 saturated heterocycles. The lowest BCUT2D eigenvalue weighted by Gasteiger charge is -2.34. The number of carbonyl (C=O) groups excluding carboxylic acids is 1. The van der Waals surface area contributed by atoms with Gasteiger partial charge in [-0.3, -0.25) is 14.5 Å². The van der Waals surface area contributed by atoms with Crippen LogP contribution in [0.3, 0.4) is 0 Å². The number of carbonyl (C=O) groups is 1. The van der Waals surface area contributed by atoms with Gasteiger partial charge >= 0.3 is 5.97 Å². The predicted octanol–water partition coefficient (Wildman–Crippen LogP) is 1.76. The zero-order chi connectivity index (χ0) is 18.1. The molecule has 1 N–H and O–H groups in total. The molecule has 1 aromatic heterocycles. The van der Waals surface area contributed by atoms with E-state index in [1.165, 1.54) is 0 Å². The van der Waals surface area contributed by atoms with Crippen molar-refractivity contribution < 1.29 is 9.53 Å². The molecule has 140 valence electrons. The Labute approximate surface area is 150 Å². The van der Waals surface area contributed by atoms with E-state index in [9.17, 15) is 4.79 Å². The van der Waals surface area contributed by atoms with Gasteiger partial charge in [-0.25, -0.2) is 0 Å². The van der Waals surface area contributed by atoms with Crippen LogP contribution in [0.2, 0.25) is 0 Å². The number of piperidine rings is 1. The number of nitrogens with zero attached hydrogens (tertiary/aromatic N) is 4. The standard InChI is InChI=1S/C18H31N5O2/c1-4-19-18(20-12-15(3)13-23-11-7-9-21-23)22-10-6-8-16(14-22)17(24)25-5-2/h7,9,11,15-16H,4-6,8,10,12-14H2,1-3H3,(H,19,20). The average molecular weight is 349 g/mol. The Morgan fingerprint density at radius 1 is 1.48 bits per heavy atom. The average Bonchev–Trinajstić information content (AvgIpc) is 3.12. The Bertz CT molecular complexity index is 544. The molecule has 0 spiro atoms. The normalized spacial score (nSPS) is 19.6. The minimum absolute atomic E-state index is 0.0564. The first kappa shape index (κ1) is 19.3. The van der Waals surface area contributed by atoms with Crippen molar-refractivity contribution in [2.24, 2.45) is 16.8 Å². The molecule has 0 aliphatic carbocycles. The van der Waals surface area contributed by atoms with E-state index in [-0.39, 0.29) is 11.9 Å². The molecule has 7 nitrogen and oxygen atoms in total. The number of nitrogens with one attached hydrogen (secondary N) is 1. The number of ether oxygens (including phenoxy) is 1. The molecule has 1 aliphatic heterocycles. The fourth-order valence-electron chi connectivity index (χ4n) is 3.08. The second-order valence-corrected chi connectivity index (χ2v) is 6.57. The van der Waals surface area contributed by atoms with E-state index in [0.29, 0.717) is 19.1 Å². The van der Waals surface area contributed by atoms with Crippen LogP contribution in [-0.4, -0.2) is 59.4 Å². The molecule has 0 saturated carbocycles. The smallest absolute Gasteiger partial charge is 0.310 e. The van der Waals surface area contributed by atoms with Crippen molar-refractivity contribution in [3.63, 3.8) is 0 Å².